The smallest absolute Gasteiger partial charge is 0.419 e. The molecule has 0 radical (unpaired) electrons. The van der Waals surface area contributed by atoms with Gasteiger partial charge >= 0.3 is 12.1 Å². The number of alkyl halides is 3. The Hall–Kier alpha value is -4.06. The van der Waals surface area contributed by atoms with Gasteiger partial charge in [-0.2, -0.15) is 18.3 Å². The van der Waals surface area contributed by atoms with Crippen LogP contribution in [0.5, 0.6) is 5.75 Å². The summed E-state index contributed by atoms with van der Waals surface area (Å²) in [5.41, 5.74) is 1.35. The van der Waals surface area contributed by atoms with Crippen molar-refractivity contribution in [3.8, 4) is 28.1 Å². The molecule has 0 atom stereocenters. The predicted octanol–water partition coefficient (Wildman–Crippen LogP) is 4.08. The second-order valence-electron chi connectivity index (χ2n) is 8.21. The maximum absolute atomic E-state index is 13.1. The number of aryl methyl sites for hydroxylation is 1. The monoisotopic (exact) mass is 514 g/mol. The van der Waals surface area contributed by atoms with Crippen LogP contribution in [0.4, 0.5) is 13.2 Å². The molecule has 4 aromatic rings. The Balaban J connectivity index is 1.65. The molecular weight excluding hydrogens is 497 g/mol. The third-order valence-electron chi connectivity index (χ3n) is 5.60. The van der Waals surface area contributed by atoms with Crippen LogP contribution in [0.3, 0.4) is 0 Å². The van der Waals surface area contributed by atoms with Gasteiger partial charge in [0.25, 0.3) is 11.5 Å². The Morgan fingerprint density at radius 1 is 1.14 bits per heavy atom. The first-order valence-corrected chi connectivity index (χ1v) is 11.6. The molecule has 1 amide bonds. The average molecular weight is 514 g/mol. The quantitative estimate of drug-likeness (QED) is 0.318. The number of rotatable bonds is 5. The number of carbonyl (C=O) groups excluding carboxylic acids is 2. The molecule has 1 fully saturated rings. The number of thiophene rings is 1. The van der Waals surface area contributed by atoms with Crippen molar-refractivity contribution in [1.82, 2.24) is 20.1 Å². The number of aromatic nitrogens is 3. The molecule has 0 spiro atoms. The predicted molar refractivity (Wildman–Crippen MR) is 126 cm³/mol. The second-order valence-corrected chi connectivity index (χ2v) is 9.09. The number of benzene rings is 1. The molecule has 184 valence electrons. The van der Waals surface area contributed by atoms with Crippen LogP contribution in [0, 0.1) is 0 Å². The fraction of sp³-hybridized carbons (Fsp3) is 0.208. The summed E-state index contributed by atoms with van der Waals surface area (Å²) in [4.78, 5) is 41.3. The Morgan fingerprint density at radius 2 is 1.86 bits per heavy atom. The normalized spacial score (nSPS) is 13.6. The zero-order valence-corrected chi connectivity index (χ0v) is 19.4. The van der Waals surface area contributed by atoms with E-state index < -0.39 is 29.4 Å². The molecular formula is C24H17F3N4O4S. The molecule has 12 heteroatoms. The Labute approximate surface area is 205 Å². The van der Waals surface area contributed by atoms with Crippen LogP contribution in [0.25, 0.3) is 32.5 Å². The molecule has 0 saturated heterocycles. The van der Waals surface area contributed by atoms with Crippen molar-refractivity contribution in [2.24, 2.45) is 7.05 Å². The number of esters is 1. The zero-order valence-electron chi connectivity index (χ0n) is 18.6. The highest BCUT2D eigenvalue weighted by Crippen LogP contribution is 2.38. The SMILES string of the molecule is Cn1nc(-c2ccncc2)c2scc(-c3ccc(C(=O)NC4CC4)c(OC(=O)C(F)(F)F)c3)c2c1=O. The fourth-order valence-corrected chi connectivity index (χ4v) is 4.74. The van der Waals surface area contributed by atoms with E-state index in [4.69, 9.17) is 0 Å². The molecule has 36 heavy (non-hydrogen) atoms. The van der Waals surface area contributed by atoms with Crippen molar-refractivity contribution in [2.45, 2.75) is 25.1 Å². The molecule has 1 saturated carbocycles. The third kappa shape index (κ3) is 4.47. The number of nitrogens with one attached hydrogen (secondary N) is 1. The van der Waals surface area contributed by atoms with E-state index in [0.29, 0.717) is 26.9 Å². The van der Waals surface area contributed by atoms with Gasteiger partial charge in [0.05, 0.1) is 15.6 Å². The molecule has 0 unspecified atom stereocenters. The summed E-state index contributed by atoms with van der Waals surface area (Å²) in [5, 5.41) is 9.02. The van der Waals surface area contributed by atoms with E-state index >= 15 is 0 Å². The highest BCUT2D eigenvalue weighted by Gasteiger charge is 2.42. The van der Waals surface area contributed by atoms with Gasteiger partial charge in [0.15, 0.2) is 0 Å². The number of halogens is 3. The van der Waals surface area contributed by atoms with Crippen molar-refractivity contribution >= 4 is 33.3 Å². The number of hydrogen-bond donors (Lipinski definition) is 1. The van der Waals surface area contributed by atoms with Crippen molar-refractivity contribution in [3.63, 3.8) is 0 Å². The highest BCUT2D eigenvalue weighted by atomic mass is 32.1. The standard InChI is InChI=1S/C24H17F3N4O4S/c1-31-22(33)18-16(11-36-20(18)19(30-31)12-6-8-28-9-7-12)13-2-5-15(21(32)29-14-3-4-14)17(10-13)35-23(34)24(25,26)27/h2,5-11,14H,3-4H2,1H3,(H,29,32). The van der Waals surface area contributed by atoms with Crippen LogP contribution >= 0.6 is 11.3 Å². The minimum atomic E-state index is -5.25. The summed E-state index contributed by atoms with van der Waals surface area (Å²) in [6, 6.07) is 7.37. The molecule has 1 N–H and O–H groups in total. The van der Waals surface area contributed by atoms with E-state index in [1.807, 2.05) is 0 Å². The van der Waals surface area contributed by atoms with Gasteiger partial charge in [-0.3, -0.25) is 14.6 Å². The highest BCUT2D eigenvalue weighted by molar-refractivity contribution is 7.18. The summed E-state index contributed by atoms with van der Waals surface area (Å²) in [5.74, 6) is -3.65. The lowest BCUT2D eigenvalue weighted by Crippen LogP contribution is -2.30. The zero-order chi connectivity index (χ0) is 25.6. The summed E-state index contributed by atoms with van der Waals surface area (Å²) < 4.78 is 45.2. The first-order valence-electron chi connectivity index (χ1n) is 10.8. The van der Waals surface area contributed by atoms with Crippen molar-refractivity contribution in [1.29, 1.82) is 0 Å². The molecule has 3 heterocycles. The Bertz CT molecular complexity index is 1560. The molecule has 1 aliphatic rings. The van der Waals surface area contributed by atoms with Crippen LogP contribution in [-0.2, 0) is 11.8 Å². The topological polar surface area (TPSA) is 103 Å². The molecule has 3 aromatic heterocycles. The number of fused-ring (bicyclic) bond motifs is 1. The number of amides is 1. The van der Waals surface area contributed by atoms with E-state index in [2.05, 4.69) is 20.1 Å². The lowest BCUT2D eigenvalue weighted by atomic mass is 10.0. The van der Waals surface area contributed by atoms with Gasteiger partial charge in [0.1, 0.15) is 11.4 Å². The Morgan fingerprint density at radius 3 is 2.53 bits per heavy atom. The average Bonchev–Trinajstić information content (AvgIpc) is 3.55. The molecule has 1 aromatic carbocycles. The van der Waals surface area contributed by atoms with Crippen LogP contribution in [0.2, 0.25) is 0 Å². The van der Waals surface area contributed by atoms with Gasteiger partial charge in [-0.1, -0.05) is 6.07 Å². The largest absolute Gasteiger partial charge is 0.491 e. The van der Waals surface area contributed by atoms with E-state index in [0.717, 1.165) is 18.4 Å². The van der Waals surface area contributed by atoms with Gasteiger partial charge in [-0.05, 0) is 42.7 Å². The second kappa shape index (κ2) is 8.86. The number of nitrogens with zero attached hydrogens (tertiary/aromatic N) is 3. The minimum absolute atomic E-state index is 0.0636. The van der Waals surface area contributed by atoms with E-state index in [1.165, 1.54) is 41.3 Å². The number of hydrogen-bond acceptors (Lipinski definition) is 7. The first kappa shape index (κ1) is 23.7. The van der Waals surface area contributed by atoms with E-state index in [1.54, 1.807) is 29.9 Å². The lowest BCUT2D eigenvalue weighted by molar-refractivity contribution is -0.189. The maximum atomic E-state index is 13.1. The number of carbonyl (C=O) groups is 2. The van der Waals surface area contributed by atoms with Gasteiger partial charge in [-0.25, -0.2) is 9.48 Å². The minimum Gasteiger partial charge on any atom is -0.419 e. The van der Waals surface area contributed by atoms with Crippen LogP contribution < -0.4 is 15.6 Å². The van der Waals surface area contributed by atoms with E-state index in [-0.39, 0.29) is 11.6 Å². The molecule has 0 bridgehead atoms. The van der Waals surface area contributed by atoms with Gasteiger partial charge in [0.2, 0.25) is 0 Å². The van der Waals surface area contributed by atoms with E-state index in [9.17, 15) is 27.6 Å². The lowest BCUT2D eigenvalue weighted by Gasteiger charge is -2.13. The summed E-state index contributed by atoms with van der Waals surface area (Å²) in [7, 11) is 1.50. The summed E-state index contributed by atoms with van der Waals surface area (Å²) >= 11 is 1.24. The molecule has 1 aliphatic carbocycles. The van der Waals surface area contributed by atoms with Crippen LogP contribution in [0.1, 0.15) is 23.2 Å². The van der Waals surface area contributed by atoms with Gasteiger partial charge in [0, 0.05) is 42.0 Å². The number of pyridine rings is 1. The fourth-order valence-electron chi connectivity index (χ4n) is 3.67. The molecule has 5 rings (SSSR count). The van der Waals surface area contributed by atoms with Crippen molar-refractivity contribution in [2.75, 3.05) is 0 Å². The molecule has 8 nitrogen and oxygen atoms in total. The van der Waals surface area contributed by atoms with Crippen LogP contribution in [-0.4, -0.2) is 38.9 Å². The van der Waals surface area contributed by atoms with Crippen molar-refractivity contribution < 1.29 is 27.5 Å². The Kier molecular flexibility index (Phi) is 5.83. The third-order valence-corrected chi connectivity index (χ3v) is 6.59. The van der Waals surface area contributed by atoms with Crippen LogP contribution in [0.15, 0.2) is 52.9 Å². The van der Waals surface area contributed by atoms with Crippen molar-refractivity contribution in [3.05, 3.63) is 64.0 Å². The summed E-state index contributed by atoms with van der Waals surface area (Å²) in [6.07, 6.45) is -0.542. The maximum Gasteiger partial charge on any atom is 0.491 e. The summed E-state index contributed by atoms with van der Waals surface area (Å²) in [6.45, 7) is 0. The molecule has 0 aliphatic heterocycles. The first-order chi connectivity index (χ1) is 17.1. The number of ether oxygens (including phenoxy) is 1. The van der Waals surface area contributed by atoms with Gasteiger partial charge < -0.3 is 10.1 Å². The van der Waals surface area contributed by atoms with Gasteiger partial charge in [-0.15, -0.1) is 11.3 Å².